The minimum atomic E-state index is -4.09. The fraction of sp³-hybridized carbons (Fsp3) is 0.409. The van der Waals surface area contributed by atoms with Crippen LogP contribution in [0.1, 0.15) is 18.4 Å². The van der Waals surface area contributed by atoms with Crippen LogP contribution in [0.4, 0.5) is 10.5 Å². The number of carbonyl (C=O) groups excluding carboxylic acids is 1. The summed E-state index contributed by atoms with van der Waals surface area (Å²) in [5.74, 6) is -0.149. The van der Waals surface area contributed by atoms with Crippen molar-refractivity contribution >= 4 is 21.8 Å². The zero-order valence-corrected chi connectivity index (χ0v) is 18.7. The lowest BCUT2D eigenvalue weighted by Crippen LogP contribution is -2.61. The van der Waals surface area contributed by atoms with E-state index < -0.39 is 26.7 Å². The van der Waals surface area contributed by atoms with Gasteiger partial charge in [0.05, 0.1) is 4.92 Å². The monoisotopic (exact) mass is 474 g/mol. The molecule has 1 amide bonds. The molecule has 2 aliphatic rings. The molecule has 176 valence electrons. The van der Waals surface area contributed by atoms with Crippen LogP contribution >= 0.6 is 0 Å². The first-order valence-electron chi connectivity index (χ1n) is 10.8. The van der Waals surface area contributed by atoms with Crippen LogP contribution < -0.4 is 15.4 Å². The average molecular weight is 475 g/mol. The Kier molecular flexibility index (Phi) is 6.91. The number of fused-ring (bicyclic) bond motifs is 2. The van der Waals surface area contributed by atoms with Gasteiger partial charge in [-0.3, -0.25) is 10.1 Å². The topological polar surface area (TPSA) is 140 Å². The summed E-state index contributed by atoms with van der Waals surface area (Å²) in [6.07, 6.45) is 0.621. The fourth-order valence-electron chi connectivity index (χ4n) is 4.70. The Bertz CT molecular complexity index is 1100. The summed E-state index contributed by atoms with van der Waals surface area (Å²) in [5, 5.41) is 17.5. The van der Waals surface area contributed by atoms with Crippen LogP contribution in [-0.2, 0) is 21.4 Å². The van der Waals surface area contributed by atoms with Crippen molar-refractivity contribution in [1.82, 2.24) is 15.4 Å². The number of hydrogen-bond donors (Lipinski definition) is 3. The van der Waals surface area contributed by atoms with Gasteiger partial charge in [0.15, 0.2) is 4.90 Å². The minimum Gasteiger partial charge on any atom is -0.445 e. The molecule has 2 aromatic rings. The van der Waals surface area contributed by atoms with E-state index in [2.05, 4.69) is 15.4 Å². The number of ether oxygens (including phenoxy) is 1. The first-order valence-corrected chi connectivity index (χ1v) is 12.3. The Morgan fingerprint density at radius 1 is 1.06 bits per heavy atom. The van der Waals surface area contributed by atoms with Crippen LogP contribution in [0.15, 0.2) is 59.5 Å². The molecule has 1 aliphatic heterocycles. The summed E-state index contributed by atoms with van der Waals surface area (Å²) in [4.78, 5) is 22.5. The zero-order valence-electron chi connectivity index (χ0n) is 17.8. The minimum absolute atomic E-state index is 0.0746. The van der Waals surface area contributed by atoms with Crippen LogP contribution in [0, 0.1) is 22.0 Å². The normalized spacial score (nSPS) is 24.6. The Morgan fingerprint density at radius 2 is 1.70 bits per heavy atom. The van der Waals surface area contributed by atoms with Crippen molar-refractivity contribution in [2.24, 2.45) is 11.8 Å². The van der Waals surface area contributed by atoms with Crippen molar-refractivity contribution in [3.8, 4) is 0 Å². The third-order valence-corrected chi connectivity index (χ3v) is 7.69. The number of nitrogens with zero attached hydrogens (tertiary/aromatic N) is 1. The Hall–Kier alpha value is -3.02. The second kappa shape index (κ2) is 9.86. The zero-order chi connectivity index (χ0) is 23.4. The Labute approximate surface area is 191 Å². The molecular weight excluding hydrogens is 448 g/mol. The number of rotatable bonds is 7. The number of nitrogens with one attached hydrogen (secondary N) is 3. The summed E-state index contributed by atoms with van der Waals surface area (Å²) in [5.41, 5.74) is 0.437. The van der Waals surface area contributed by atoms with E-state index in [1.54, 1.807) is 0 Å². The van der Waals surface area contributed by atoms with E-state index in [0.29, 0.717) is 25.9 Å². The molecule has 0 radical (unpaired) electrons. The number of para-hydroxylation sites is 1. The molecule has 3 N–H and O–H groups in total. The van der Waals surface area contributed by atoms with Gasteiger partial charge in [0.1, 0.15) is 6.61 Å². The highest BCUT2D eigenvalue weighted by molar-refractivity contribution is 7.89. The highest BCUT2D eigenvalue weighted by atomic mass is 32.2. The lowest BCUT2D eigenvalue weighted by atomic mass is 9.72. The van der Waals surface area contributed by atoms with Gasteiger partial charge in [-0.1, -0.05) is 42.5 Å². The maximum absolute atomic E-state index is 13.0. The van der Waals surface area contributed by atoms with E-state index in [1.807, 2.05) is 30.3 Å². The fourth-order valence-corrected chi connectivity index (χ4v) is 6.25. The molecule has 11 heteroatoms. The van der Waals surface area contributed by atoms with Gasteiger partial charge in [-0.05, 0) is 49.4 Å². The molecule has 10 nitrogen and oxygen atoms in total. The summed E-state index contributed by atoms with van der Waals surface area (Å²) >= 11 is 0. The molecule has 1 heterocycles. The van der Waals surface area contributed by atoms with Gasteiger partial charge >= 0.3 is 6.09 Å². The second-order valence-corrected chi connectivity index (χ2v) is 10.1. The average Bonchev–Trinajstić information content (AvgIpc) is 2.79. The lowest BCUT2D eigenvalue weighted by molar-refractivity contribution is -0.387. The quantitative estimate of drug-likeness (QED) is 0.413. The van der Waals surface area contributed by atoms with Gasteiger partial charge in [-0.25, -0.2) is 17.9 Å². The predicted octanol–water partition coefficient (Wildman–Crippen LogP) is 2.17. The van der Waals surface area contributed by atoms with E-state index >= 15 is 0 Å². The van der Waals surface area contributed by atoms with Gasteiger partial charge in [0, 0.05) is 18.2 Å². The highest BCUT2D eigenvalue weighted by Crippen LogP contribution is 2.34. The first-order chi connectivity index (χ1) is 15.8. The van der Waals surface area contributed by atoms with Gasteiger partial charge in [0.2, 0.25) is 10.0 Å². The van der Waals surface area contributed by atoms with E-state index in [9.17, 15) is 23.3 Å². The van der Waals surface area contributed by atoms with Crippen molar-refractivity contribution in [1.29, 1.82) is 0 Å². The molecule has 1 saturated heterocycles. The predicted molar refractivity (Wildman–Crippen MR) is 120 cm³/mol. The van der Waals surface area contributed by atoms with Gasteiger partial charge in [0.25, 0.3) is 5.69 Å². The van der Waals surface area contributed by atoms with Crippen LogP contribution in [0.2, 0.25) is 0 Å². The smallest absolute Gasteiger partial charge is 0.407 e. The lowest BCUT2D eigenvalue weighted by Gasteiger charge is -2.46. The third kappa shape index (κ3) is 5.49. The summed E-state index contributed by atoms with van der Waals surface area (Å²) in [6, 6.07) is 14.2. The summed E-state index contributed by atoms with van der Waals surface area (Å²) in [6.45, 7) is 1.34. The molecule has 2 unspecified atom stereocenters. The van der Waals surface area contributed by atoms with Crippen LogP contribution in [0.5, 0.6) is 0 Å². The molecule has 4 rings (SSSR count). The third-order valence-electron chi connectivity index (χ3n) is 6.18. The van der Waals surface area contributed by atoms with Crippen molar-refractivity contribution in [2.45, 2.75) is 36.4 Å². The van der Waals surface area contributed by atoms with Crippen LogP contribution in [0.25, 0.3) is 0 Å². The molecule has 0 spiro atoms. The molecule has 2 bridgehead atoms. The molecule has 0 aromatic heterocycles. The molecular formula is C22H26N4O6S. The molecule has 33 heavy (non-hydrogen) atoms. The number of sulfonamides is 1. The van der Waals surface area contributed by atoms with Crippen LogP contribution in [-0.4, -0.2) is 44.6 Å². The molecule has 4 atom stereocenters. The van der Waals surface area contributed by atoms with Gasteiger partial charge < -0.3 is 15.4 Å². The second-order valence-electron chi connectivity index (χ2n) is 8.42. The maximum atomic E-state index is 13.0. The number of amides is 1. The van der Waals surface area contributed by atoms with Gasteiger partial charge in [-0.2, -0.15) is 0 Å². The molecule has 1 saturated carbocycles. The SMILES string of the molecule is O=C(NC1C[C@H]2CNC[C@@H](C1)C2NS(=O)(=O)c1ccccc1[N+](=O)[O-])OCc1ccccc1. The largest absolute Gasteiger partial charge is 0.445 e. The standard InChI is InChI=1S/C22H26N4O6S/c27-22(32-14-15-6-2-1-3-7-15)24-18-10-16-12-23-13-17(11-18)21(16)25-33(30,31)20-9-5-4-8-19(20)26(28)29/h1-9,16-18,21,23,25H,10-14H2,(H,24,27)/t16-,17+,18?,21?. The van der Waals surface area contributed by atoms with Crippen molar-refractivity contribution < 1.29 is 22.9 Å². The number of nitro benzene ring substituents is 1. The van der Waals surface area contributed by atoms with Crippen molar-refractivity contribution in [2.75, 3.05) is 13.1 Å². The first kappa shape index (κ1) is 23.1. The van der Waals surface area contributed by atoms with E-state index in [0.717, 1.165) is 5.56 Å². The highest BCUT2D eigenvalue weighted by Gasteiger charge is 2.43. The van der Waals surface area contributed by atoms with E-state index in [4.69, 9.17) is 4.74 Å². The number of piperidine rings is 1. The van der Waals surface area contributed by atoms with Crippen molar-refractivity contribution in [3.05, 3.63) is 70.3 Å². The maximum Gasteiger partial charge on any atom is 0.407 e. The van der Waals surface area contributed by atoms with E-state index in [-0.39, 0.29) is 35.4 Å². The van der Waals surface area contributed by atoms with Gasteiger partial charge in [-0.15, -0.1) is 0 Å². The van der Waals surface area contributed by atoms with E-state index in [1.165, 1.54) is 24.3 Å². The number of nitro groups is 1. The summed E-state index contributed by atoms with van der Waals surface area (Å²) in [7, 11) is -4.09. The molecule has 2 fully saturated rings. The molecule has 2 aromatic carbocycles. The molecule has 1 aliphatic carbocycles. The number of hydrogen-bond acceptors (Lipinski definition) is 7. The number of alkyl carbamates (subject to hydrolysis) is 1. The number of benzene rings is 2. The van der Waals surface area contributed by atoms with Crippen LogP contribution in [0.3, 0.4) is 0 Å². The Balaban J connectivity index is 1.39. The van der Waals surface area contributed by atoms with Crippen molar-refractivity contribution in [3.63, 3.8) is 0 Å². The Morgan fingerprint density at radius 3 is 2.36 bits per heavy atom. The number of carbonyl (C=O) groups is 1. The summed E-state index contributed by atoms with van der Waals surface area (Å²) < 4.78 is 34.0.